The zero-order chi connectivity index (χ0) is 15.6. The number of oxazole rings is 1. The standard InChI is InChI=1S/C13H12N2O4.C2H6/c1-7-3-2-4-8-11(7)19-13(18)15(8)9-5-6-10(16)14-12(9)17;1-2/h2-4,9H,5-6H2,1H3,(H,14,16,17);1-2H3. The number of carbonyl (C=O) groups is 2. The van der Waals surface area contributed by atoms with Crippen LogP contribution in [0.15, 0.2) is 27.4 Å². The van der Waals surface area contributed by atoms with E-state index in [1.807, 2.05) is 26.8 Å². The lowest BCUT2D eigenvalue weighted by Gasteiger charge is -2.21. The molecule has 6 heteroatoms. The highest BCUT2D eigenvalue weighted by atomic mass is 16.4. The molecule has 1 aliphatic rings. The molecule has 2 aromatic rings. The van der Waals surface area contributed by atoms with Gasteiger partial charge in [0, 0.05) is 6.42 Å². The summed E-state index contributed by atoms with van der Waals surface area (Å²) in [6.07, 6.45) is 0.536. The van der Waals surface area contributed by atoms with Crippen LogP contribution in [0.25, 0.3) is 11.1 Å². The van der Waals surface area contributed by atoms with Crippen LogP contribution in [0, 0.1) is 6.92 Å². The number of hydrogen-bond donors (Lipinski definition) is 1. The summed E-state index contributed by atoms with van der Waals surface area (Å²) in [5, 5.41) is 2.24. The Hall–Kier alpha value is -2.37. The smallest absolute Gasteiger partial charge is 0.407 e. The highest BCUT2D eigenvalue weighted by Gasteiger charge is 2.31. The summed E-state index contributed by atoms with van der Waals surface area (Å²) in [5.74, 6) is -1.33. The van der Waals surface area contributed by atoms with Gasteiger partial charge in [-0.3, -0.25) is 19.5 Å². The normalized spacial score (nSPS) is 18.1. The lowest BCUT2D eigenvalue weighted by molar-refractivity contribution is -0.135. The van der Waals surface area contributed by atoms with Crippen LogP contribution in [-0.2, 0) is 9.59 Å². The third kappa shape index (κ3) is 2.61. The monoisotopic (exact) mass is 290 g/mol. The average Bonchev–Trinajstić information content (AvgIpc) is 2.79. The van der Waals surface area contributed by atoms with Crippen LogP contribution in [0.3, 0.4) is 0 Å². The van der Waals surface area contributed by atoms with Crippen molar-refractivity contribution in [3.8, 4) is 0 Å². The van der Waals surface area contributed by atoms with E-state index in [1.165, 1.54) is 4.57 Å². The van der Waals surface area contributed by atoms with Gasteiger partial charge in [-0.15, -0.1) is 0 Å². The molecule has 1 N–H and O–H groups in total. The molecule has 1 aliphatic heterocycles. The van der Waals surface area contributed by atoms with Gasteiger partial charge in [-0.1, -0.05) is 26.0 Å². The van der Waals surface area contributed by atoms with E-state index in [0.717, 1.165) is 5.56 Å². The molecule has 1 atom stereocenters. The lowest BCUT2D eigenvalue weighted by atomic mass is 10.1. The van der Waals surface area contributed by atoms with Crippen LogP contribution in [0.1, 0.15) is 38.3 Å². The van der Waals surface area contributed by atoms with Crippen molar-refractivity contribution in [3.63, 3.8) is 0 Å². The largest absolute Gasteiger partial charge is 0.420 e. The molecule has 1 aromatic carbocycles. The molecule has 21 heavy (non-hydrogen) atoms. The van der Waals surface area contributed by atoms with E-state index in [0.29, 0.717) is 17.5 Å². The molecule has 0 spiro atoms. The fourth-order valence-electron chi connectivity index (χ4n) is 2.42. The zero-order valence-electron chi connectivity index (χ0n) is 12.3. The van der Waals surface area contributed by atoms with Gasteiger partial charge in [0.05, 0.1) is 5.52 Å². The summed E-state index contributed by atoms with van der Waals surface area (Å²) >= 11 is 0. The topological polar surface area (TPSA) is 81.3 Å². The van der Waals surface area contributed by atoms with E-state index in [-0.39, 0.29) is 12.3 Å². The first kappa shape index (κ1) is 15.0. The molecule has 0 saturated carbocycles. The molecule has 1 aromatic heterocycles. The Bertz CT molecular complexity index is 742. The van der Waals surface area contributed by atoms with E-state index in [1.54, 1.807) is 12.1 Å². The van der Waals surface area contributed by atoms with E-state index >= 15 is 0 Å². The van der Waals surface area contributed by atoms with Crippen molar-refractivity contribution in [3.05, 3.63) is 34.3 Å². The first-order valence-corrected chi connectivity index (χ1v) is 7.02. The molecule has 6 nitrogen and oxygen atoms in total. The Kier molecular flexibility index (Phi) is 4.26. The molecule has 1 unspecified atom stereocenters. The van der Waals surface area contributed by atoms with Crippen LogP contribution in [0.2, 0.25) is 0 Å². The molecule has 1 saturated heterocycles. The van der Waals surface area contributed by atoms with Crippen molar-refractivity contribution in [1.82, 2.24) is 9.88 Å². The number of piperidine rings is 1. The zero-order valence-corrected chi connectivity index (χ0v) is 12.3. The first-order valence-electron chi connectivity index (χ1n) is 7.02. The van der Waals surface area contributed by atoms with Crippen molar-refractivity contribution in [1.29, 1.82) is 0 Å². The Morgan fingerprint density at radius 3 is 2.62 bits per heavy atom. The number of hydrogen-bond acceptors (Lipinski definition) is 4. The van der Waals surface area contributed by atoms with Crippen molar-refractivity contribution >= 4 is 22.9 Å². The third-order valence-electron chi connectivity index (χ3n) is 3.36. The van der Waals surface area contributed by atoms with Crippen molar-refractivity contribution in [2.45, 2.75) is 39.7 Å². The number of fused-ring (bicyclic) bond motifs is 1. The maximum absolute atomic E-state index is 11.9. The fraction of sp³-hybridized carbons (Fsp3) is 0.400. The van der Waals surface area contributed by atoms with Crippen LogP contribution in [-0.4, -0.2) is 16.4 Å². The molecule has 1 fully saturated rings. The SMILES string of the molecule is CC.Cc1cccc2c1oc(=O)n2C1CCC(=O)NC1=O. The van der Waals surface area contributed by atoms with Crippen molar-refractivity contribution < 1.29 is 14.0 Å². The fourth-order valence-corrected chi connectivity index (χ4v) is 2.42. The molecule has 2 heterocycles. The highest BCUT2D eigenvalue weighted by molar-refractivity contribution is 6.00. The highest BCUT2D eigenvalue weighted by Crippen LogP contribution is 2.24. The molecule has 3 rings (SSSR count). The molecular formula is C15H18N2O4. The minimum absolute atomic E-state index is 0.224. The maximum Gasteiger partial charge on any atom is 0.420 e. The van der Waals surface area contributed by atoms with Crippen LogP contribution >= 0.6 is 0 Å². The molecule has 2 amide bonds. The average molecular weight is 290 g/mol. The van der Waals surface area contributed by atoms with Gasteiger partial charge >= 0.3 is 5.76 Å². The van der Waals surface area contributed by atoms with Crippen LogP contribution in [0.4, 0.5) is 0 Å². The maximum atomic E-state index is 11.9. The number of carbonyl (C=O) groups excluding carboxylic acids is 2. The number of amides is 2. The van der Waals surface area contributed by atoms with E-state index in [2.05, 4.69) is 5.32 Å². The van der Waals surface area contributed by atoms with E-state index in [9.17, 15) is 14.4 Å². The molecule has 0 aliphatic carbocycles. The first-order chi connectivity index (χ1) is 10.1. The molecular weight excluding hydrogens is 272 g/mol. The Balaban J connectivity index is 0.000000774. The molecule has 0 bridgehead atoms. The number of nitrogens with zero attached hydrogens (tertiary/aromatic N) is 1. The van der Waals surface area contributed by atoms with Gasteiger partial charge in [-0.2, -0.15) is 0 Å². The van der Waals surface area contributed by atoms with Gasteiger partial charge in [0.25, 0.3) is 0 Å². The van der Waals surface area contributed by atoms with Gasteiger partial charge in [-0.25, -0.2) is 4.79 Å². The van der Waals surface area contributed by atoms with Crippen LogP contribution in [0.5, 0.6) is 0 Å². The van der Waals surface area contributed by atoms with E-state index < -0.39 is 17.7 Å². The Morgan fingerprint density at radius 1 is 1.24 bits per heavy atom. The summed E-state index contributed by atoms with van der Waals surface area (Å²) in [4.78, 5) is 34.9. The number of rotatable bonds is 1. The number of benzene rings is 1. The predicted octanol–water partition coefficient (Wildman–Crippen LogP) is 1.91. The van der Waals surface area contributed by atoms with Crippen molar-refractivity contribution in [2.24, 2.45) is 0 Å². The van der Waals surface area contributed by atoms with Gasteiger partial charge in [-0.05, 0) is 25.0 Å². The molecule has 0 radical (unpaired) electrons. The summed E-state index contributed by atoms with van der Waals surface area (Å²) in [7, 11) is 0. The summed E-state index contributed by atoms with van der Waals surface area (Å²) in [5.41, 5.74) is 1.90. The number of aryl methyl sites for hydroxylation is 1. The quantitative estimate of drug-likeness (QED) is 0.813. The number of nitrogens with one attached hydrogen (secondary N) is 1. The summed E-state index contributed by atoms with van der Waals surface area (Å²) in [6.45, 7) is 5.83. The second-order valence-electron chi connectivity index (χ2n) is 4.63. The summed E-state index contributed by atoms with van der Waals surface area (Å²) in [6, 6.07) is 4.68. The second kappa shape index (κ2) is 5.95. The number of para-hydroxylation sites is 1. The number of aromatic nitrogens is 1. The second-order valence-corrected chi connectivity index (χ2v) is 4.63. The Morgan fingerprint density at radius 2 is 1.95 bits per heavy atom. The van der Waals surface area contributed by atoms with Gasteiger partial charge in [0.1, 0.15) is 6.04 Å². The van der Waals surface area contributed by atoms with Crippen molar-refractivity contribution in [2.75, 3.05) is 0 Å². The predicted molar refractivity (Wildman–Crippen MR) is 78.0 cm³/mol. The van der Waals surface area contributed by atoms with Gasteiger partial charge < -0.3 is 4.42 Å². The Labute approximate surface area is 121 Å². The van der Waals surface area contributed by atoms with Crippen LogP contribution < -0.4 is 11.1 Å². The van der Waals surface area contributed by atoms with E-state index in [4.69, 9.17) is 4.42 Å². The molecule has 112 valence electrons. The lowest BCUT2D eigenvalue weighted by Crippen LogP contribution is -2.43. The minimum Gasteiger partial charge on any atom is -0.407 e. The summed E-state index contributed by atoms with van der Waals surface area (Å²) < 4.78 is 6.52. The van der Waals surface area contributed by atoms with Gasteiger partial charge in [0.15, 0.2) is 5.58 Å². The number of imide groups is 1. The van der Waals surface area contributed by atoms with Gasteiger partial charge in [0.2, 0.25) is 11.8 Å². The third-order valence-corrected chi connectivity index (χ3v) is 3.36. The minimum atomic E-state index is -0.687.